The number of para-hydroxylation sites is 1. The number of thiazole rings is 1. The van der Waals surface area contributed by atoms with Gasteiger partial charge in [0.15, 0.2) is 10.8 Å². The number of hydrogen-bond donors (Lipinski definition) is 1. The van der Waals surface area contributed by atoms with Gasteiger partial charge in [-0.05, 0) is 25.1 Å². The number of rotatable bonds is 5. The lowest BCUT2D eigenvalue weighted by Gasteiger charge is -2.22. The summed E-state index contributed by atoms with van der Waals surface area (Å²) in [4.78, 5) is 30.7. The molecule has 0 saturated heterocycles. The Hall–Kier alpha value is -2.16. The predicted molar refractivity (Wildman–Crippen MR) is 110 cm³/mol. The molecule has 0 aliphatic heterocycles. The number of nitrogens with one attached hydrogen (secondary N) is 1. The Morgan fingerprint density at radius 1 is 1.37 bits per heavy atom. The van der Waals surface area contributed by atoms with Crippen LogP contribution in [-0.4, -0.2) is 43.5 Å². The number of thioether (sulfide) groups is 1. The third-order valence-electron chi connectivity index (χ3n) is 4.26. The zero-order valence-electron chi connectivity index (χ0n) is 14.6. The molecule has 0 saturated carbocycles. The number of benzene rings is 1. The number of carbonyl (C=O) groups excluding carboxylic acids is 1. The van der Waals surface area contributed by atoms with Gasteiger partial charge in [-0.15, -0.1) is 11.3 Å². The number of aromatic amines is 1. The van der Waals surface area contributed by atoms with Crippen LogP contribution in [0.5, 0.6) is 0 Å². The maximum absolute atomic E-state index is 12.6. The maximum atomic E-state index is 12.6. The van der Waals surface area contributed by atoms with E-state index in [-0.39, 0.29) is 17.7 Å². The highest BCUT2D eigenvalue weighted by Crippen LogP contribution is 2.29. The van der Waals surface area contributed by atoms with E-state index in [0.29, 0.717) is 15.8 Å². The second-order valence-electron chi connectivity index (χ2n) is 6.06. The summed E-state index contributed by atoms with van der Waals surface area (Å²) in [7, 11) is 1.81. The molecule has 4 rings (SSSR count). The second-order valence-corrected chi connectivity index (χ2v) is 8.52. The van der Waals surface area contributed by atoms with E-state index in [9.17, 15) is 4.79 Å². The van der Waals surface area contributed by atoms with Gasteiger partial charge in [-0.3, -0.25) is 4.79 Å². The van der Waals surface area contributed by atoms with Gasteiger partial charge in [0, 0.05) is 13.2 Å². The van der Waals surface area contributed by atoms with Crippen molar-refractivity contribution in [3.63, 3.8) is 0 Å². The van der Waals surface area contributed by atoms with Crippen LogP contribution in [0.4, 0.5) is 0 Å². The highest BCUT2D eigenvalue weighted by Gasteiger charge is 2.21. The summed E-state index contributed by atoms with van der Waals surface area (Å²) in [6.45, 7) is 1.99. The van der Waals surface area contributed by atoms with Crippen LogP contribution in [0.1, 0.15) is 18.0 Å². The number of pyridine rings is 1. The molecule has 3 aromatic heterocycles. The first-order chi connectivity index (χ1) is 13.0. The lowest BCUT2D eigenvalue weighted by atomic mass is 10.3. The average molecular weight is 418 g/mol. The Morgan fingerprint density at radius 3 is 3.00 bits per heavy atom. The first-order valence-electron chi connectivity index (χ1n) is 8.26. The van der Waals surface area contributed by atoms with E-state index < -0.39 is 0 Å². The highest BCUT2D eigenvalue weighted by molar-refractivity contribution is 7.99. The maximum Gasteiger partial charge on any atom is 0.233 e. The van der Waals surface area contributed by atoms with Crippen LogP contribution in [0.2, 0.25) is 5.02 Å². The van der Waals surface area contributed by atoms with Crippen molar-refractivity contribution in [1.29, 1.82) is 0 Å². The van der Waals surface area contributed by atoms with Gasteiger partial charge in [0.1, 0.15) is 5.01 Å². The largest absolute Gasteiger partial charge is 0.336 e. The summed E-state index contributed by atoms with van der Waals surface area (Å²) in [6.07, 6.45) is 1.55. The zero-order chi connectivity index (χ0) is 19.0. The number of hydrogen-bond acceptors (Lipinski definition) is 6. The van der Waals surface area contributed by atoms with Gasteiger partial charge in [-0.25, -0.2) is 15.0 Å². The lowest BCUT2D eigenvalue weighted by molar-refractivity contribution is -0.128. The minimum atomic E-state index is -0.0911. The molecular formula is C18H16ClN5OS2. The Morgan fingerprint density at radius 2 is 2.19 bits per heavy atom. The predicted octanol–water partition coefficient (Wildman–Crippen LogP) is 4.53. The Kier molecular flexibility index (Phi) is 5.03. The van der Waals surface area contributed by atoms with E-state index in [4.69, 9.17) is 11.6 Å². The number of H-pyrrole nitrogens is 1. The van der Waals surface area contributed by atoms with Gasteiger partial charge in [-0.2, -0.15) is 0 Å². The Bertz CT molecular complexity index is 1090. The van der Waals surface area contributed by atoms with Gasteiger partial charge in [0.2, 0.25) is 5.91 Å². The van der Waals surface area contributed by atoms with Crippen LogP contribution in [-0.2, 0) is 4.79 Å². The van der Waals surface area contributed by atoms with Gasteiger partial charge in [0.25, 0.3) is 0 Å². The molecule has 9 heteroatoms. The fourth-order valence-electron chi connectivity index (χ4n) is 2.60. The van der Waals surface area contributed by atoms with Crippen LogP contribution in [0.15, 0.2) is 41.7 Å². The Balaban J connectivity index is 1.43. The Labute approximate surface area is 169 Å². The molecule has 4 aromatic rings. The molecule has 0 bridgehead atoms. The number of amides is 1. The first kappa shape index (κ1) is 18.2. The minimum Gasteiger partial charge on any atom is -0.336 e. The van der Waals surface area contributed by atoms with Crippen LogP contribution in [0, 0.1) is 0 Å². The van der Waals surface area contributed by atoms with E-state index in [1.807, 2.05) is 31.2 Å². The average Bonchev–Trinajstić information content (AvgIpc) is 3.27. The molecule has 27 heavy (non-hydrogen) atoms. The monoisotopic (exact) mass is 417 g/mol. The molecule has 1 aromatic carbocycles. The zero-order valence-corrected chi connectivity index (χ0v) is 17.0. The summed E-state index contributed by atoms with van der Waals surface area (Å²) in [5.74, 6) is 0.289. The molecule has 1 N–H and O–H groups in total. The number of fused-ring (bicyclic) bond motifs is 2. The number of aromatic nitrogens is 4. The van der Waals surface area contributed by atoms with Crippen LogP contribution in [0.25, 0.3) is 21.4 Å². The third kappa shape index (κ3) is 3.78. The standard InChI is InChI=1S/C18H16ClN5OS2/c1-10(17-21-12-5-3-4-6-14(12)27-17)24(2)15(25)9-26-18-22-13-7-11(19)8-20-16(13)23-18/h3-8,10H,9H2,1-2H3,(H,20,22,23)/t10-/m1/s1. The van der Waals surface area contributed by atoms with Crippen molar-refractivity contribution in [1.82, 2.24) is 24.8 Å². The minimum absolute atomic E-state index is 0.0122. The molecule has 0 aliphatic carbocycles. The molecule has 0 fully saturated rings. The van der Waals surface area contributed by atoms with E-state index in [1.54, 1.807) is 35.5 Å². The molecule has 0 radical (unpaired) electrons. The third-order valence-corrected chi connectivity index (χ3v) is 6.53. The quantitative estimate of drug-likeness (QED) is 0.483. The molecule has 6 nitrogen and oxygen atoms in total. The smallest absolute Gasteiger partial charge is 0.233 e. The summed E-state index contributed by atoms with van der Waals surface area (Å²) in [5, 5.41) is 2.12. The normalized spacial score (nSPS) is 12.6. The number of halogens is 1. The van der Waals surface area contributed by atoms with Crippen LogP contribution >= 0.6 is 34.7 Å². The van der Waals surface area contributed by atoms with Crippen molar-refractivity contribution in [3.05, 3.63) is 46.6 Å². The summed E-state index contributed by atoms with van der Waals surface area (Å²) < 4.78 is 1.13. The fraction of sp³-hybridized carbons (Fsp3) is 0.222. The summed E-state index contributed by atoms with van der Waals surface area (Å²) in [6, 6.07) is 9.67. The van der Waals surface area contributed by atoms with Crippen molar-refractivity contribution in [2.24, 2.45) is 0 Å². The van der Waals surface area contributed by atoms with Gasteiger partial charge in [0.05, 0.1) is 32.6 Å². The van der Waals surface area contributed by atoms with Crippen molar-refractivity contribution < 1.29 is 4.79 Å². The van der Waals surface area contributed by atoms with E-state index in [1.165, 1.54) is 11.8 Å². The van der Waals surface area contributed by atoms with Gasteiger partial charge < -0.3 is 9.88 Å². The van der Waals surface area contributed by atoms with E-state index >= 15 is 0 Å². The summed E-state index contributed by atoms with van der Waals surface area (Å²) in [5.41, 5.74) is 2.31. The SMILES string of the molecule is C[C@H](c1nc2ccccc2s1)N(C)C(=O)CSc1nc2ncc(Cl)cc2[nH]1. The fourth-order valence-corrected chi connectivity index (χ4v) is 4.62. The highest BCUT2D eigenvalue weighted by atomic mass is 35.5. The van der Waals surface area contributed by atoms with Crippen molar-refractivity contribution >= 4 is 62.0 Å². The van der Waals surface area contributed by atoms with Crippen LogP contribution in [0.3, 0.4) is 0 Å². The van der Waals surface area contributed by atoms with Crippen molar-refractivity contribution in [3.8, 4) is 0 Å². The molecule has 1 amide bonds. The molecular weight excluding hydrogens is 402 g/mol. The summed E-state index contributed by atoms with van der Waals surface area (Å²) >= 11 is 8.90. The van der Waals surface area contributed by atoms with Gasteiger partial charge in [-0.1, -0.05) is 35.5 Å². The molecule has 1 atom stereocenters. The van der Waals surface area contributed by atoms with Gasteiger partial charge >= 0.3 is 0 Å². The van der Waals surface area contributed by atoms with Crippen molar-refractivity contribution in [2.75, 3.05) is 12.8 Å². The molecule has 0 spiro atoms. The van der Waals surface area contributed by atoms with Crippen LogP contribution < -0.4 is 0 Å². The first-order valence-corrected chi connectivity index (χ1v) is 10.4. The number of carbonyl (C=O) groups is 1. The van der Waals surface area contributed by atoms with Crippen molar-refractivity contribution in [2.45, 2.75) is 18.1 Å². The number of imidazole rings is 1. The van der Waals surface area contributed by atoms with E-state index in [0.717, 1.165) is 20.7 Å². The molecule has 3 heterocycles. The molecule has 138 valence electrons. The lowest BCUT2D eigenvalue weighted by Crippen LogP contribution is -2.31. The van der Waals surface area contributed by atoms with E-state index in [2.05, 4.69) is 19.9 Å². The molecule has 0 unspecified atom stereocenters. The number of nitrogens with zero attached hydrogens (tertiary/aromatic N) is 4. The topological polar surface area (TPSA) is 74.8 Å². The second kappa shape index (κ2) is 7.46. The molecule has 0 aliphatic rings.